The lowest BCUT2D eigenvalue weighted by Gasteiger charge is -2.11. The fourth-order valence-electron chi connectivity index (χ4n) is 2.23. The van der Waals surface area contributed by atoms with E-state index >= 15 is 0 Å². The molecule has 0 saturated carbocycles. The number of aliphatic hydroxyl groups is 1. The Hall–Kier alpha value is -3.72. The Bertz CT molecular complexity index is 865. The van der Waals surface area contributed by atoms with Gasteiger partial charge in [-0.2, -0.15) is 0 Å². The predicted octanol–water partition coefficient (Wildman–Crippen LogP) is 1.31. The minimum absolute atomic E-state index is 0.00642. The van der Waals surface area contributed by atoms with Gasteiger partial charge in [0, 0.05) is 0 Å². The van der Waals surface area contributed by atoms with E-state index in [4.69, 9.17) is 9.47 Å². The fourth-order valence-corrected chi connectivity index (χ4v) is 2.23. The molecule has 0 heterocycles. The minimum atomic E-state index is -1.85. The third-order valence-electron chi connectivity index (χ3n) is 3.80. The largest absolute Gasteiger partial charge is 0.458 e. The van der Waals surface area contributed by atoms with E-state index in [0.29, 0.717) is 0 Å². The Morgan fingerprint density at radius 3 is 1.58 bits per heavy atom. The van der Waals surface area contributed by atoms with Crippen molar-refractivity contribution in [2.45, 2.75) is 25.7 Å². The molecule has 31 heavy (non-hydrogen) atoms. The minimum Gasteiger partial charge on any atom is -0.458 e. The van der Waals surface area contributed by atoms with Gasteiger partial charge in [-0.3, -0.25) is 4.79 Å². The maximum Gasteiger partial charge on any atom is 0.344 e. The molecule has 164 valence electrons. The van der Waals surface area contributed by atoms with Crippen LogP contribution in [0.1, 0.15) is 17.5 Å². The van der Waals surface area contributed by atoms with E-state index in [2.05, 4.69) is 9.47 Å². The molecule has 0 spiro atoms. The maximum absolute atomic E-state index is 11.7. The van der Waals surface area contributed by atoms with Gasteiger partial charge in [0.1, 0.15) is 13.2 Å². The molecule has 0 aromatic heterocycles. The molecule has 0 bridgehead atoms. The molecule has 2 rings (SSSR count). The van der Waals surface area contributed by atoms with Gasteiger partial charge in [0.2, 0.25) is 0 Å². The summed E-state index contributed by atoms with van der Waals surface area (Å²) in [6.45, 7) is -1.36. The van der Waals surface area contributed by atoms with E-state index in [1.807, 2.05) is 12.1 Å². The Balaban J connectivity index is 1.59. The first kappa shape index (κ1) is 23.6. The molecule has 0 fully saturated rings. The number of hydrogen-bond donors (Lipinski definition) is 1. The summed E-state index contributed by atoms with van der Waals surface area (Å²) in [5.74, 6) is -3.79. The molecule has 2 aromatic carbocycles. The second-order valence-electron chi connectivity index (χ2n) is 6.28. The first-order valence-electron chi connectivity index (χ1n) is 9.33. The monoisotopic (exact) mass is 430 g/mol. The summed E-state index contributed by atoms with van der Waals surface area (Å²) < 4.78 is 19.1. The smallest absolute Gasteiger partial charge is 0.344 e. The van der Waals surface area contributed by atoms with Gasteiger partial charge >= 0.3 is 23.9 Å². The SMILES string of the molecule is O=C(COC(=O)CC(O)C(=O)OCC(=O)OCc1ccccc1)OCc1ccccc1. The van der Waals surface area contributed by atoms with Crippen molar-refractivity contribution in [2.24, 2.45) is 0 Å². The average molecular weight is 430 g/mol. The van der Waals surface area contributed by atoms with Gasteiger partial charge in [0.15, 0.2) is 19.3 Å². The molecule has 9 nitrogen and oxygen atoms in total. The molecule has 1 N–H and O–H groups in total. The van der Waals surface area contributed by atoms with Crippen molar-refractivity contribution in [3.05, 3.63) is 71.8 Å². The van der Waals surface area contributed by atoms with Crippen LogP contribution in [-0.2, 0) is 51.3 Å². The zero-order valence-corrected chi connectivity index (χ0v) is 16.6. The lowest BCUT2D eigenvalue weighted by molar-refractivity contribution is -0.168. The molecule has 1 atom stereocenters. The van der Waals surface area contributed by atoms with Gasteiger partial charge in [-0.15, -0.1) is 0 Å². The van der Waals surface area contributed by atoms with Crippen molar-refractivity contribution in [1.82, 2.24) is 0 Å². The number of ether oxygens (including phenoxy) is 4. The van der Waals surface area contributed by atoms with Crippen molar-refractivity contribution in [2.75, 3.05) is 13.2 Å². The second kappa shape index (κ2) is 12.8. The van der Waals surface area contributed by atoms with Crippen LogP contribution < -0.4 is 0 Å². The van der Waals surface area contributed by atoms with Crippen LogP contribution in [0.25, 0.3) is 0 Å². The van der Waals surface area contributed by atoms with Crippen molar-refractivity contribution in [1.29, 1.82) is 0 Å². The van der Waals surface area contributed by atoms with Crippen LogP contribution in [0.15, 0.2) is 60.7 Å². The van der Waals surface area contributed by atoms with Gasteiger partial charge in [0.05, 0.1) is 6.42 Å². The molecule has 2 aromatic rings. The quantitative estimate of drug-likeness (QED) is 0.415. The summed E-state index contributed by atoms with van der Waals surface area (Å²) in [5.41, 5.74) is 1.52. The standard InChI is InChI=1S/C22H22O9/c23-18(22(27)31-15-21(26)29-13-17-9-5-2-6-10-17)11-19(24)30-14-20(25)28-12-16-7-3-1-4-8-16/h1-10,18,23H,11-15H2. The molecule has 0 amide bonds. The van der Waals surface area contributed by atoms with E-state index in [1.54, 1.807) is 48.5 Å². The van der Waals surface area contributed by atoms with E-state index in [-0.39, 0.29) is 13.2 Å². The molecular formula is C22H22O9. The van der Waals surface area contributed by atoms with Crippen LogP contribution in [0.2, 0.25) is 0 Å². The van der Waals surface area contributed by atoms with Crippen molar-refractivity contribution in [3.63, 3.8) is 0 Å². The Labute approximate surface area is 178 Å². The summed E-state index contributed by atoms with van der Waals surface area (Å²) in [6, 6.07) is 17.8. The van der Waals surface area contributed by atoms with E-state index in [1.165, 1.54) is 0 Å². The third kappa shape index (κ3) is 9.55. The highest BCUT2D eigenvalue weighted by atomic mass is 16.6. The Morgan fingerprint density at radius 1 is 0.645 bits per heavy atom. The highest BCUT2D eigenvalue weighted by Crippen LogP contribution is 2.03. The van der Waals surface area contributed by atoms with Gasteiger partial charge in [0.25, 0.3) is 0 Å². The molecular weight excluding hydrogens is 408 g/mol. The topological polar surface area (TPSA) is 125 Å². The first-order chi connectivity index (χ1) is 14.9. The van der Waals surface area contributed by atoms with Crippen molar-refractivity contribution in [3.8, 4) is 0 Å². The summed E-state index contributed by atoms with van der Waals surface area (Å²) in [6.07, 6.45) is -2.60. The second-order valence-corrected chi connectivity index (χ2v) is 6.28. The molecule has 0 saturated heterocycles. The van der Waals surface area contributed by atoms with Gasteiger partial charge in [-0.05, 0) is 11.1 Å². The average Bonchev–Trinajstić information content (AvgIpc) is 2.79. The highest BCUT2D eigenvalue weighted by molar-refractivity contribution is 5.84. The normalized spacial score (nSPS) is 11.1. The van der Waals surface area contributed by atoms with Gasteiger partial charge < -0.3 is 24.1 Å². The van der Waals surface area contributed by atoms with Crippen LogP contribution in [0.5, 0.6) is 0 Å². The summed E-state index contributed by atoms with van der Waals surface area (Å²) in [7, 11) is 0. The number of aliphatic hydroxyl groups excluding tert-OH is 1. The Morgan fingerprint density at radius 2 is 1.10 bits per heavy atom. The van der Waals surface area contributed by atoms with Crippen LogP contribution in [-0.4, -0.2) is 48.3 Å². The number of hydrogen-bond acceptors (Lipinski definition) is 9. The molecule has 0 radical (unpaired) electrons. The highest BCUT2D eigenvalue weighted by Gasteiger charge is 2.23. The lowest BCUT2D eigenvalue weighted by atomic mass is 10.2. The van der Waals surface area contributed by atoms with E-state index < -0.39 is 49.6 Å². The van der Waals surface area contributed by atoms with Crippen LogP contribution in [0.3, 0.4) is 0 Å². The molecule has 1 unspecified atom stereocenters. The van der Waals surface area contributed by atoms with E-state index in [9.17, 15) is 24.3 Å². The van der Waals surface area contributed by atoms with Gasteiger partial charge in [-0.1, -0.05) is 60.7 Å². The molecule has 0 aliphatic rings. The summed E-state index contributed by atoms with van der Waals surface area (Å²) in [5, 5.41) is 9.68. The number of carbonyl (C=O) groups is 4. The summed E-state index contributed by atoms with van der Waals surface area (Å²) >= 11 is 0. The van der Waals surface area contributed by atoms with Crippen molar-refractivity contribution < 1.29 is 43.2 Å². The van der Waals surface area contributed by atoms with Crippen molar-refractivity contribution >= 4 is 23.9 Å². The number of carbonyl (C=O) groups excluding carboxylic acids is 4. The number of rotatable bonds is 11. The van der Waals surface area contributed by atoms with Crippen LogP contribution in [0.4, 0.5) is 0 Å². The molecule has 0 aliphatic carbocycles. The number of esters is 4. The lowest BCUT2D eigenvalue weighted by Crippen LogP contribution is -2.29. The molecule has 9 heteroatoms. The molecule has 0 aliphatic heterocycles. The fraction of sp³-hybridized carbons (Fsp3) is 0.273. The zero-order chi connectivity index (χ0) is 22.5. The zero-order valence-electron chi connectivity index (χ0n) is 16.6. The predicted molar refractivity (Wildman–Crippen MR) is 105 cm³/mol. The first-order valence-corrected chi connectivity index (χ1v) is 9.33. The van der Waals surface area contributed by atoms with Crippen LogP contribution >= 0.6 is 0 Å². The number of benzene rings is 2. The Kier molecular flexibility index (Phi) is 9.70. The maximum atomic E-state index is 11.7. The van der Waals surface area contributed by atoms with Crippen LogP contribution in [0, 0.1) is 0 Å². The van der Waals surface area contributed by atoms with E-state index in [0.717, 1.165) is 11.1 Å². The summed E-state index contributed by atoms with van der Waals surface area (Å²) in [4.78, 5) is 46.5. The third-order valence-corrected chi connectivity index (χ3v) is 3.80. The van der Waals surface area contributed by atoms with Gasteiger partial charge in [-0.25, -0.2) is 14.4 Å².